The van der Waals surface area contributed by atoms with E-state index >= 15 is 0 Å². The second-order valence-electron chi connectivity index (χ2n) is 3.47. The minimum Gasteiger partial charge on any atom is -0.368 e. The summed E-state index contributed by atoms with van der Waals surface area (Å²) < 4.78 is 37.7. The van der Waals surface area contributed by atoms with E-state index in [-0.39, 0.29) is 11.9 Å². The summed E-state index contributed by atoms with van der Waals surface area (Å²) in [4.78, 5) is 3.69. The van der Waals surface area contributed by atoms with Crippen LogP contribution in [0.4, 0.5) is 19.0 Å². The molecule has 90 valence electrons. The number of likely N-dealkylation sites (N-methyl/N-ethyl adjacent to an activating group) is 1. The van der Waals surface area contributed by atoms with Crippen LogP contribution in [0, 0.1) is 0 Å². The van der Waals surface area contributed by atoms with Crippen LogP contribution < -0.4 is 10.6 Å². The Labute approximate surface area is 92.1 Å². The van der Waals surface area contributed by atoms with Gasteiger partial charge < -0.3 is 10.6 Å². The maximum absolute atomic E-state index is 12.6. The molecule has 2 N–H and O–H groups in total. The van der Waals surface area contributed by atoms with Crippen LogP contribution in [0.2, 0.25) is 0 Å². The fraction of sp³-hybridized carbons (Fsp3) is 0.500. The number of halogens is 3. The smallest absolute Gasteiger partial charge is 0.368 e. The van der Waals surface area contributed by atoms with Gasteiger partial charge in [-0.2, -0.15) is 13.2 Å². The van der Waals surface area contributed by atoms with Gasteiger partial charge >= 0.3 is 6.18 Å². The molecule has 0 aromatic carbocycles. The first-order valence-corrected chi connectivity index (χ1v) is 4.88. The number of nitrogens with zero attached hydrogens (tertiary/aromatic N) is 1. The van der Waals surface area contributed by atoms with Crippen molar-refractivity contribution in [3.05, 3.63) is 23.9 Å². The summed E-state index contributed by atoms with van der Waals surface area (Å²) in [5.41, 5.74) is -0.738. The van der Waals surface area contributed by atoms with Crippen LogP contribution >= 0.6 is 0 Å². The number of rotatable bonds is 4. The highest BCUT2D eigenvalue weighted by molar-refractivity contribution is 5.45. The molecule has 0 saturated carbocycles. The van der Waals surface area contributed by atoms with Gasteiger partial charge in [-0.1, -0.05) is 0 Å². The van der Waals surface area contributed by atoms with Gasteiger partial charge in [-0.05, 0) is 26.1 Å². The lowest BCUT2D eigenvalue weighted by molar-refractivity contribution is -0.137. The molecule has 1 unspecified atom stereocenters. The summed E-state index contributed by atoms with van der Waals surface area (Å²) >= 11 is 0. The second kappa shape index (κ2) is 5.16. The zero-order chi connectivity index (χ0) is 12.2. The molecule has 0 fully saturated rings. The van der Waals surface area contributed by atoms with Gasteiger partial charge in [-0.3, -0.25) is 0 Å². The highest BCUT2D eigenvalue weighted by Crippen LogP contribution is 2.33. The van der Waals surface area contributed by atoms with E-state index in [9.17, 15) is 13.2 Å². The van der Waals surface area contributed by atoms with Crippen LogP contribution in [-0.2, 0) is 6.18 Å². The van der Waals surface area contributed by atoms with Gasteiger partial charge in [-0.25, -0.2) is 4.98 Å². The first-order valence-electron chi connectivity index (χ1n) is 4.88. The molecule has 0 radical (unpaired) electrons. The number of aromatic nitrogens is 1. The summed E-state index contributed by atoms with van der Waals surface area (Å²) in [5.74, 6) is -0.128. The van der Waals surface area contributed by atoms with Crippen LogP contribution in [-0.4, -0.2) is 24.6 Å². The zero-order valence-corrected chi connectivity index (χ0v) is 9.10. The fourth-order valence-corrected chi connectivity index (χ4v) is 1.13. The predicted molar refractivity (Wildman–Crippen MR) is 56.3 cm³/mol. The molecule has 1 atom stereocenters. The lowest BCUT2D eigenvalue weighted by Crippen LogP contribution is -2.30. The van der Waals surface area contributed by atoms with Crippen LogP contribution in [0.5, 0.6) is 0 Å². The third kappa shape index (κ3) is 3.37. The average Bonchev–Trinajstić information content (AvgIpc) is 2.25. The van der Waals surface area contributed by atoms with Crippen LogP contribution in [0.1, 0.15) is 12.5 Å². The number of alkyl halides is 3. The van der Waals surface area contributed by atoms with Crippen molar-refractivity contribution < 1.29 is 13.2 Å². The van der Waals surface area contributed by atoms with Crippen molar-refractivity contribution in [2.75, 3.05) is 18.9 Å². The fourth-order valence-electron chi connectivity index (χ4n) is 1.13. The minimum atomic E-state index is -4.38. The van der Waals surface area contributed by atoms with E-state index in [4.69, 9.17) is 0 Å². The lowest BCUT2D eigenvalue weighted by atomic mass is 10.2. The Morgan fingerprint density at radius 1 is 1.44 bits per heavy atom. The summed E-state index contributed by atoms with van der Waals surface area (Å²) in [6.45, 7) is 2.25. The molecule has 0 amide bonds. The number of nitrogens with one attached hydrogen (secondary N) is 2. The van der Waals surface area contributed by atoms with Crippen molar-refractivity contribution in [2.45, 2.75) is 19.1 Å². The van der Waals surface area contributed by atoms with Crippen molar-refractivity contribution in [2.24, 2.45) is 0 Å². The van der Waals surface area contributed by atoms with E-state index in [1.54, 1.807) is 7.05 Å². The minimum absolute atomic E-state index is 0.0723. The van der Waals surface area contributed by atoms with Gasteiger partial charge in [0.2, 0.25) is 0 Å². The van der Waals surface area contributed by atoms with Crippen molar-refractivity contribution in [3.8, 4) is 0 Å². The van der Waals surface area contributed by atoms with Gasteiger partial charge in [0.25, 0.3) is 0 Å². The van der Waals surface area contributed by atoms with E-state index in [1.807, 2.05) is 6.92 Å². The SMILES string of the molecule is CNC(C)CNc1ncccc1C(F)(F)F. The molecule has 6 heteroatoms. The molecule has 1 heterocycles. The highest BCUT2D eigenvalue weighted by Gasteiger charge is 2.33. The molecule has 0 saturated heterocycles. The summed E-state index contributed by atoms with van der Waals surface area (Å²) in [7, 11) is 1.75. The van der Waals surface area contributed by atoms with Crippen molar-refractivity contribution >= 4 is 5.82 Å². The van der Waals surface area contributed by atoms with E-state index in [2.05, 4.69) is 15.6 Å². The maximum atomic E-state index is 12.6. The molecule has 0 aliphatic carbocycles. The van der Waals surface area contributed by atoms with Gasteiger partial charge in [0, 0.05) is 18.8 Å². The Kier molecular flexibility index (Phi) is 4.12. The highest BCUT2D eigenvalue weighted by atomic mass is 19.4. The average molecular weight is 233 g/mol. The van der Waals surface area contributed by atoms with Gasteiger partial charge in [0.1, 0.15) is 5.82 Å². The zero-order valence-electron chi connectivity index (χ0n) is 9.10. The quantitative estimate of drug-likeness (QED) is 0.836. The molecule has 0 spiro atoms. The van der Waals surface area contributed by atoms with Crippen molar-refractivity contribution in [1.82, 2.24) is 10.3 Å². The number of anilines is 1. The van der Waals surface area contributed by atoms with E-state index in [1.165, 1.54) is 12.3 Å². The van der Waals surface area contributed by atoms with Gasteiger partial charge in [-0.15, -0.1) is 0 Å². The van der Waals surface area contributed by atoms with Gasteiger partial charge in [0.05, 0.1) is 5.56 Å². The van der Waals surface area contributed by atoms with Crippen LogP contribution in [0.3, 0.4) is 0 Å². The standard InChI is InChI=1S/C10H14F3N3/c1-7(14-2)6-16-9-8(10(11,12)13)4-3-5-15-9/h3-5,7,14H,6H2,1-2H3,(H,15,16). The first-order chi connectivity index (χ1) is 7.45. The Balaban J connectivity index is 2.80. The molecular weight excluding hydrogens is 219 g/mol. The van der Waals surface area contributed by atoms with Crippen LogP contribution in [0.15, 0.2) is 18.3 Å². The summed E-state index contributed by atoms with van der Waals surface area (Å²) in [6, 6.07) is 2.36. The topological polar surface area (TPSA) is 37.0 Å². The lowest BCUT2D eigenvalue weighted by Gasteiger charge is -2.15. The molecule has 1 aromatic rings. The van der Waals surface area contributed by atoms with Crippen LogP contribution in [0.25, 0.3) is 0 Å². The Hall–Kier alpha value is -1.30. The normalized spacial score (nSPS) is 13.6. The van der Waals surface area contributed by atoms with Crippen molar-refractivity contribution in [3.63, 3.8) is 0 Å². The Morgan fingerprint density at radius 2 is 2.12 bits per heavy atom. The Bertz CT molecular complexity index is 338. The molecule has 1 aromatic heterocycles. The molecular formula is C10H14F3N3. The summed E-state index contributed by atoms with van der Waals surface area (Å²) in [5, 5.41) is 5.60. The molecule has 1 rings (SSSR count). The summed E-state index contributed by atoms with van der Waals surface area (Å²) in [6.07, 6.45) is -3.04. The molecule has 3 nitrogen and oxygen atoms in total. The molecule has 16 heavy (non-hydrogen) atoms. The monoisotopic (exact) mass is 233 g/mol. The van der Waals surface area contributed by atoms with Gasteiger partial charge in [0.15, 0.2) is 0 Å². The van der Waals surface area contributed by atoms with E-state index in [0.29, 0.717) is 6.54 Å². The Morgan fingerprint density at radius 3 is 2.69 bits per heavy atom. The second-order valence-corrected chi connectivity index (χ2v) is 3.47. The number of hydrogen-bond acceptors (Lipinski definition) is 3. The maximum Gasteiger partial charge on any atom is 0.419 e. The largest absolute Gasteiger partial charge is 0.419 e. The van der Waals surface area contributed by atoms with E-state index in [0.717, 1.165) is 6.07 Å². The molecule has 0 bridgehead atoms. The third-order valence-corrected chi connectivity index (χ3v) is 2.18. The number of hydrogen-bond donors (Lipinski definition) is 2. The third-order valence-electron chi connectivity index (χ3n) is 2.18. The predicted octanol–water partition coefficient (Wildman–Crippen LogP) is 2.12. The first kappa shape index (κ1) is 12.8. The number of pyridine rings is 1. The van der Waals surface area contributed by atoms with Crippen molar-refractivity contribution in [1.29, 1.82) is 0 Å². The van der Waals surface area contributed by atoms with E-state index < -0.39 is 11.7 Å². The molecule has 0 aliphatic heterocycles. The molecule has 0 aliphatic rings.